The first kappa shape index (κ1) is 36.7. The Morgan fingerprint density at radius 3 is 2.36 bits per heavy atom. The molecule has 47 heavy (non-hydrogen) atoms. The van der Waals surface area contributed by atoms with Gasteiger partial charge in [-0.15, -0.1) is 40.5 Å². The molecule has 0 saturated carbocycles. The third kappa shape index (κ3) is 7.77. The van der Waals surface area contributed by atoms with Crippen LogP contribution in [0.5, 0.6) is 0 Å². The van der Waals surface area contributed by atoms with E-state index in [1.165, 1.54) is 48.7 Å². The van der Waals surface area contributed by atoms with Crippen LogP contribution in [0.1, 0.15) is 90.2 Å². The van der Waals surface area contributed by atoms with Crippen molar-refractivity contribution in [3.63, 3.8) is 0 Å². The molecule has 6 heteroatoms. The van der Waals surface area contributed by atoms with Gasteiger partial charge in [0, 0.05) is 77.4 Å². The number of aliphatic hydroxyl groups is 1. The SMILES string of the molecule is CC(C)(C)c1cc(-c2nccc3sc4c(c23)-c2cnccc2CC4)[c-]c2ccccc12.CCC(CC)C(=O)/C=C(\O)C(CC)CC.[Ir]. The molecule has 4 nitrogen and oxygen atoms in total. The number of hydrogen-bond donors (Lipinski definition) is 1. The Kier molecular flexibility index (Phi) is 12.3. The summed E-state index contributed by atoms with van der Waals surface area (Å²) >= 11 is 1.90. The van der Waals surface area contributed by atoms with Gasteiger partial charge in [-0.2, -0.15) is 0 Å². The van der Waals surface area contributed by atoms with Crippen LogP contribution in [-0.4, -0.2) is 20.9 Å². The average molecular weight is 824 g/mol. The topological polar surface area (TPSA) is 63.1 Å². The fourth-order valence-electron chi connectivity index (χ4n) is 6.63. The fourth-order valence-corrected chi connectivity index (χ4v) is 7.84. The third-order valence-electron chi connectivity index (χ3n) is 9.40. The Balaban J connectivity index is 0.000000269. The minimum absolute atomic E-state index is 0. The zero-order valence-electron chi connectivity index (χ0n) is 28.7. The van der Waals surface area contributed by atoms with Gasteiger partial charge in [0.2, 0.25) is 0 Å². The zero-order chi connectivity index (χ0) is 33.0. The first-order valence-corrected chi connectivity index (χ1v) is 17.7. The number of nitrogens with zero attached hydrogens (tertiary/aromatic N) is 2. The number of rotatable bonds is 8. The van der Waals surface area contributed by atoms with E-state index in [0.29, 0.717) is 0 Å². The van der Waals surface area contributed by atoms with Crippen LogP contribution in [0, 0.1) is 17.9 Å². The number of aliphatic hydroxyl groups excluding tert-OH is 1. The van der Waals surface area contributed by atoms with Crippen molar-refractivity contribution in [3.8, 4) is 22.4 Å². The first-order valence-electron chi connectivity index (χ1n) is 16.8. The van der Waals surface area contributed by atoms with Crippen LogP contribution in [0.15, 0.2) is 72.9 Å². The Bertz CT molecular complexity index is 1880. The first-order chi connectivity index (χ1) is 22.1. The second-order valence-corrected chi connectivity index (χ2v) is 14.5. The predicted molar refractivity (Wildman–Crippen MR) is 195 cm³/mol. The molecule has 1 aliphatic carbocycles. The Morgan fingerprint density at radius 1 is 0.979 bits per heavy atom. The molecule has 2 aromatic carbocycles. The summed E-state index contributed by atoms with van der Waals surface area (Å²) in [4.78, 5) is 22.5. The number of hydrogen-bond acceptors (Lipinski definition) is 5. The summed E-state index contributed by atoms with van der Waals surface area (Å²) in [5.41, 5.74) is 7.45. The molecule has 1 N–H and O–H groups in total. The smallest absolute Gasteiger partial charge is 0.162 e. The monoisotopic (exact) mass is 824 g/mol. The number of pyridine rings is 2. The standard InChI is InChI=1S/C28H23N2S.C13H24O2.Ir/c1-28(2,3)22-15-19(14-18-6-4-5-7-20(18)22)27-26-24(11-13-30-27)31-23-9-8-17-10-12-29-16-21(17)25(23)26;1-5-10(6-2)12(14)9-13(15)11(7-3)8-4;/h4-7,10-13,15-16H,8-9H2,1-3H3;9-11,14H,5-8H2,1-4H3;/q-1;;/b;12-9-;. The van der Waals surface area contributed by atoms with Crippen molar-refractivity contribution >= 4 is 38.0 Å². The molecule has 0 aliphatic heterocycles. The molecular formula is C41H47IrN2O2S-. The minimum Gasteiger partial charge on any atom is -0.512 e. The molecule has 0 unspecified atom stereocenters. The van der Waals surface area contributed by atoms with Gasteiger partial charge in [0.25, 0.3) is 0 Å². The number of ketones is 1. The van der Waals surface area contributed by atoms with E-state index in [4.69, 9.17) is 4.98 Å². The van der Waals surface area contributed by atoms with Gasteiger partial charge >= 0.3 is 0 Å². The van der Waals surface area contributed by atoms with Gasteiger partial charge in [-0.1, -0.05) is 77.6 Å². The van der Waals surface area contributed by atoms with E-state index < -0.39 is 0 Å². The molecule has 0 bridgehead atoms. The number of thiophene rings is 1. The average Bonchev–Trinajstić information content (AvgIpc) is 3.45. The van der Waals surface area contributed by atoms with E-state index >= 15 is 0 Å². The molecule has 1 radical (unpaired) electrons. The fraction of sp³-hybridized carbons (Fsp3) is 0.390. The molecular weight excluding hydrogens is 777 g/mol. The van der Waals surface area contributed by atoms with E-state index in [2.05, 4.69) is 74.3 Å². The minimum atomic E-state index is 0. The molecule has 0 atom stereocenters. The maximum Gasteiger partial charge on any atom is 0.162 e. The second-order valence-electron chi connectivity index (χ2n) is 13.4. The van der Waals surface area contributed by atoms with Gasteiger partial charge in [-0.25, -0.2) is 0 Å². The summed E-state index contributed by atoms with van der Waals surface area (Å²) < 4.78 is 1.30. The van der Waals surface area contributed by atoms with Crippen LogP contribution in [0.25, 0.3) is 43.2 Å². The van der Waals surface area contributed by atoms with Crippen molar-refractivity contribution in [2.24, 2.45) is 11.8 Å². The molecule has 3 aromatic heterocycles. The van der Waals surface area contributed by atoms with Crippen molar-refractivity contribution in [1.82, 2.24) is 9.97 Å². The van der Waals surface area contributed by atoms with Crippen LogP contribution < -0.4 is 0 Å². The van der Waals surface area contributed by atoms with Gasteiger partial charge < -0.3 is 5.11 Å². The summed E-state index contributed by atoms with van der Waals surface area (Å²) in [6.07, 6.45) is 13.0. The normalized spacial score (nSPS) is 12.8. The number of aryl methyl sites for hydroxylation is 2. The quantitative estimate of drug-likeness (QED) is 0.0962. The van der Waals surface area contributed by atoms with Gasteiger partial charge in [-0.3, -0.25) is 14.8 Å². The van der Waals surface area contributed by atoms with Gasteiger partial charge in [-0.05, 0) is 72.6 Å². The van der Waals surface area contributed by atoms with E-state index in [1.807, 2.05) is 57.6 Å². The number of fused-ring (bicyclic) bond motifs is 6. The van der Waals surface area contributed by atoms with Crippen molar-refractivity contribution in [2.45, 2.75) is 92.4 Å². The van der Waals surface area contributed by atoms with E-state index in [9.17, 15) is 9.90 Å². The number of aromatic nitrogens is 2. The molecule has 0 saturated heterocycles. The summed E-state index contributed by atoms with van der Waals surface area (Å²) in [5.74, 6) is 0.547. The number of benzene rings is 2. The van der Waals surface area contributed by atoms with Crippen LogP contribution in [-0.2, 0) is 43.2 Å². The maximum absolute atomic E-state index is 11.7. The number of carbonyl (C=O) groups is 1. The van der Waals surface area contributed by atoms with Crippen molar-refractivity contribution in [1.29, 1.82) is 0 Å². The molecule has 0 fully saturated rings. The van der Waals surface area contributed by atoms with Gasteiger partial charge in [0.15, 0.2) is 5.78 Å². The maximum atomic E-state index is 11.7. The van der Waals surface area contributed by atoms with Gasteiger partial charge in [0.1, 0.15) is 0 Å². The largest absolute Gasteiger partial charge is 0.512 e. The zero-order valence-corrected chi connectivity index (χ0v) is 32.0. The molecule has 6 rings (SSSR count). The second kappa shape index (κ2) is 15.8. The van der Waals surface area contributed by atoms with Crippen LogP contribution >= 0.6 is 11.3 Å². The Labute approximate surface area is 298 Å². The Morgan fingerprint density at radius 2 is 1.68 bits per heavy atom. The van der Waals surface area contributed by atoms with E-state index in [0.717, 1.165) is 55.2 Å². The van der Waals surface area contributed by atoms with Crippen LogP contribution in [0.4, 0.5) is 0 Å². The third-order valence-corrected chi connectivity index (χ3v) is 10.6. The molecule has 249 valence electrons. The summed E-state index contributed by atoms with van der Waals surface area (Å²) in [5, 5.41) is 13.4. The van der Waals surface area contributed by atoms with Crippen molar-refractivity contribution in [3.05, 3.63) is 95.0 Å². The van der Waals surface area contributed by atoms with Crippen molar-refractivity contribution in [2.75, 3.05) is 0 Å². The number of carbonyl (C=O) groups excluding carboxylic acids is 1. The summed E-state index contributed by atoms with van der Waals surface area (Å²) in [6.45, 7) is 14.9. The molecule has 0 spiro atoms. The molecule has 5 aromatic rings. The number of allylic oxidation sites excluding steroid dienone is 2. The van der Waals surface area contributed by atoms with Crippen LogP contribution in [0.2, 0.25) is 0 Å². The van der Waals surface area contributed by atoms with Crippen molar-refractivity contribution < 1.29 is 30.0 Å². The van der Waals surface area contributed by atoms with Gasteiger partial charge in [0.05, 0.1) is 5.76 Å². The molecule has 0 amide bonds. The summed E-state index contributed by atoms with van der Waals surface area (Å²) in [7, 11) is 0. The predicted octanol–water partition coefficient (Wildman–Crippen LogP) is 11.2. The van der Waals surface area contributed by atoms with E-state index in [-0.39, 0.29) is 48.9 Å². The Hall–Kier alpha value is -3.18. The van der Waals surface area contributed by atoms with E-state index in [1.54, 1.807) is 0 Å². The summed E-state index contributed by atoms with van der Waals surface area (Å²) in [6, 6.07) is 18.9. The molecule has 3 heterocycles. The molecule has 1 aliphatic rings. The van der Waals surface area contributed by atoms with Crippen LogP contribution in [0.3, 0.4) is 0 Å².